The smallest absolute Gasteiger partial charge is 0.490 e. The zero-order valence-electron chi connectivity index (χ0n) is 14.5. The lowest BCUT2D eigenvalue weighted by atomic mass is 9.85. The van der Waals surface area contributed by atoms with Crippen molar-refractivity contribution in [3.8, 4) is 17.6 Å². The van der Waals surface area contributed by atoms with Crippen LogP contribution in [0.25, 0.3) is 0 Å². The van der Waals surface area contributed by atoms with Gasteiger partial charge in [0.2, 0.25) is 0 Å². The van der Waals surface area contributed by atoms with Crippen molar-refractivity contribution in [2.24, 2.45) is 0 Å². The monoisotopic (exact) mass is 369 g/mol. The van der Waals surface area contributed by atoms with Gasteiger partial charge in [-0.1, -0.05) is 18.4 Å². The number of benzene rings is 1. The predicted octanol–water partition coefficient (Wildman–Crippen LogP) is 3.74. The normalized spacial score (nSPS) is 24.4. The second-order valence-corrected chi connectivity index (χ2v) is 6.41. The first-order valence-corrected chi connectivity index (χ1v) is 8.53. The molecule has 1 aromatic rings. The molecule has 2 aliphatic rings. The Hall–Kier alpha value is -2.20. The highest BCUT2D eigenvalue weighted by Crippen LogP contribution is 2.28. The summed E-state index contributed by atoms with van der Waals surface area (Å²) in [7, 11) is 0. The molecule has 4 nitrogen and oxygen atoms in total. The van der Waals surface area contributed by atoms with E-state index in [9.17, 15) is 13.2 Å². The Morgan fingerprint density at radius 2 is 1.88 bits per heavy atom. The molecule has 0 aliphatic carbocycles. The van der Waals surface area contributed by atoms with E-state index >= 15 is 0 Å². The molecule has 0 amide bonds. The van der Waals surface area contributed by atoms with E-state index < -0.39 is 12.1 Å². The standard InChI is InChI=1S/C17H21NO.C2HF3O2/c1-2-5-13-6-3-9-16(10-13)19-17-11-14-7-4-8-15(12-17)18-14;3-2(4,5)1(6)7/h3,6,9-10,14-15,17-18H,4,7-8,11-12H2,1H3;(H,6,7). The van der Waals surface area contributed by atoms with E-state index in [1.165, 1.54) is 19.3 Å². The van der Waals surface area contributed by atoms with Crippen molar-refractivity contribution < 1.29 is 27.8 Å². The van der Waals surface area contributed by atoms with E-state index in [1.807, 2.05) is 31.2 Å². The number of hydrogen-bond acceptors (Lipinski definition) is 3. The van der Waals surface area contributed by atoms with E-state index in [-0.39, 0.29) is 0 Å². The lowest BCUT2D eigenvalue weighted by Gasteiger charge is -2.40. The van der Waals surface area contributed by atoms with Crippen LogP contribution in [0.3, 0.4) is 0 Å². The summed E-state index contributed by atoms with van der Waals surface area (Å²) in [5, 5.41) is 10.8. The predicted molar refractivity (Wildman–Crippen MR) is 90.9 cm³/mol. The molecule has 2 bridgehead atoms. The van der Waals surface area contributed by atoms with Gasteiger partial charge in [0.1, 0.15) is 11.9 Å². The second kappa shape index (κ2) is 8.95. The molecule has 7 heteroatoms. The third-order valence-electron chi connectivity index (χ3n) is 4.32. The van der Waals surface area contributed by atoms with Crippen molar-refractivity contribution in [3.05, 3.63) is 29.8 Å². The van der Waals surface area contributed by atoms with Crippen LogP contribution in [0.4, 0.5) is 13.2 Å². The Labute approximate surface area is 150 Å². The van der Waals surface area contributed by atoms with Crippen molar-refractivity contribution >= 4 is 5.97 Å². The van der Waals surface area contributed by atoms with Gasteiger partial charge in [-0.3, -0.25) is 0 Å². The lowest BCUT2D eigenvalue weighted by Crippen LogP contribution is -2.51. The number of hydrogen-bond donors (Lipinski definition) is 2. The number of aliphatic carboxylic acids is 1. The Morgan fingerprint density at radius 1 is 1.27 bits per heavy atom. The maximum absolute atomic E-state index is 10.6. The number of carboxylic acid groups (broad SMARTS) is 1. The molecule has 2 fully saturated rings. The molecule has 2 unspecified atom stereocenters. The number of ether oxygens (including phenoxy) is 1. The second-order valence-electron chi connectivity index (χ2n) is 6.41. The minimum absolute atomic E-state index is 0.362. The number of alkyl halides is 3. The number of carbonyl (C=O) groups is 1. The van der Waals surface area contributed by atoms with Gasteiger partial charge >= 0.3 is 12.1 Å². The molecule has 142 valence electrons. The summed E-state index contributed by atoms with van der Waals surface area (Å²) in [5.41, 5.74) is 1.04. The Morgan fingerprint density at radius 3 is 2.42 bits per heavy atom. The summed E-state index contributed by atoms with van der Waals surface area (Å²) in [6.07, 6.45) is 1.54. The fourth-order valence-corrected chi connectivity index (χ4v) is 3.29. The molecular weight excluding hydrogens is 347 g/mol. The van der Waals surface area contributed by atoms with E-state index in [4.69, 9.17) is 14.6 Å². The number of rotatable bonds is 2. The van der Waals surface area contributed by atoms with Gasteiger partial charge in [0, 0.05) is 17.6 Å². The first kappa shape index (κ1) is 20.1. The van der Waals surface area contributed by atoms with Gasteiger partial charge in [-0.25, -0.2) is 4.79 Å². The van der Waals surface area contributed by atoms with Gasteiger partial charge in [-0.05, 0) is 50.8 Å². The van der Waals surface area contributed by atoms with Gasteiger partial charge < -0.3 is 15.2 Å². The van der Waals surface area contributed by atoms with Crippen molar-refractivity contribution in [3.63, 3.8) is 0 Å². The van der Waals surface area contributed by atoms with Crippen LogP contribution >= 0.6 is 0 Å². The van der Waals surface area contributed by atoms with Crippen LogP contribution in [-0.2, 0) is 4.79 Å². The van der Waals surface area contributed by atoms with E-state index in [0.717, 1.165) is 24.2 Å². The van der Waals surface area contributed by atoms with Gasteiger partial charge in [0.25, 0.3) is 0 Å². The molecule has 0 aromatic heterocycles. The largest absolute Gasteiger partial charge is 0.490 e. The Kier molecular flexibility index (Phi) is 6.92. The van der Waals surface area contributed by atoms with Gasteiger partial charge in [0.05, 0.1) is 0 Å². The summed E-state index contributed by atoms with van der Waals surface area (Å²) in [5.74, 6) is 4.22. The number of fused-ring (bicyclic) bond motifs is 2. The first-order chi connectivity index (χ1) is 12.3. The van der Waals surface area contributed by atoms with Crippen LogP contribution < -0.4 is 10.1 Å². The molecule has 2 N–H and O–H groups in total. The number of nitrogens with one attached hydrogen (secondary N) is 1. The summed E-state index contributed by atoms with van der Waals surface area (Å²) >= 11 is 0. The zero-order chi connectivity index (χ0) is 19.2. The highest BCUT2D eigenvalue weighted by atomic mass is 19.4. The number of carboxylic acids is 1. The van der Waals surface area contributed by atoms with Crippen molar-refractivity contribution in [1.29, 1.82) is 0 Å². The van der Waals surface area contributed by atoms with Crippen LogP contribution in [0.15, 0.2) is 24.3 Å². The minimum atomic E-state index is -5.08. The molecule has 2 atom stereocenters. The molecule has 1 aromatic carbocycles. The number of halogens is 3. The minimum Gasteiger partial charge on any atom is -0.490 e. The SMILES string of the molecule is CC#Cc1cccc(OC2CC3CCCC(C2)N3)c1.O=C(O)C(F)(F)F. The molecule has 3 rings (SSSR count). The molecule has 0 spiro atoms. The molecule has 2 aliphatic heterocycles. The zero-order valence-corrected chi connectivity index (χ0v) is 14.5. The highest BCUT2D eigenvalue weighted by molar-refractivity contribution is 5.73. The van der Waals surface area contributed by atoms with Crippen molar-refractivity contribution in [2.75, 3.05) is 0 Å². The van der Waals surface area contributed by atoms with Gasteiger partial charge in [-0.15, -0.1) is 5.92 Å². The van der Waals surface area contributed by atoms with Crippen LogP contribution in [0, 0.1) is 11.8 Å². The fraction of sp³-hybridized carbons (Fsp3) is 0.526. The lowest BCUT2D eigenvalue weighted by molar-refractivity contribution is -0.192. The maximum Gasteiger partial charge on any atom is 0.490 e. The Balaban J connectivity index is 0.000000298. The van der Waals surface area contributed by atoms with Crippen molar-refractivity contribution in [1.82, 2.24) is 5.32 Å². The first-order valence-electron chi connectivity index (χ1n) is 8.53. The Bertz CT molecular complexity index is 667. The molecular formula is C19H22F3NO3. The molecule has 0 saturated carbocycles. The summed E-state index contributed by atoms with van der Waals surface area (Å²) in [6, 6.07) is 9.47. The van der Waals surface area contributed by atoms with Gasteiger partial charge in [-0.2, -0.15) is 13.2 Å². The van der Waals surface area contributed by atoms with Crippen LogP contribution in [-0.4, -0.2) is 35.4 Å². The summed E-state index contributed by atoms with van der Waals surface area (Å²) in [6.45, 7) is 1.86. The van der Waals surface area contributed by atoms with E-state index in [1.54, 1.807) is 0 Å². The van der Waals surface area contributed by atoms with E-state index in [2.05, 4.69) is 17.2 Å². The van der Waals surface area contributed by atoms with Gasteiger partial charge in [0.15, 0.2) is 0 Å². The molecule has 2 heterocycles. The average Bonchev–Trinajstić information content (AvgIpc) is 2.55. The maximum atomic E-state index is 10.6. The average molecular weight is 369 g/mol. The fourth-order valence-electron chi connectivity index (χ4n) is 3.29. The third-order valence-corrected chi connectivity index (χ3v) is 4.32. The van der Waals surface area contributed by atoms with Crippen LogP contribution in [0.2, 0.25) is 0 Å². The number of piperidine rings is 2. The van der Waals surface area contributed by atoms with Crippen LogP contribution in [0.1, 0.15) is 44.6 Å². The molecule has 2 saturated heterocycles. The highest BCUT2D eigenvalue weighted by Gasteiger charge is 2.38. The van der Waals surface area contributed by atoms with Crippen molar-refractivity contribution in [2.45, 2.75) is 63.4 Å². The molecule has 0 radical (unpaired) electrons. The van der Waals surface area contributed by atoms with E-state index in [0.29, 0.717) is 18.2 Å². The third kappa shape index (κ3) is 6.26. The summed E-state index contributed by atoms with van der Waals surface area (Å²) in [4.78, 5) is 8.90. The topological polar surface area (TPSA) is 58.6 Å². The van der Waals surface area contributed by atoms with Crippen LogP contribution in [0.5, 0.6) is 5.75 Å². The quantitative estimate of drug-likeness (QED) is 0.780. The molecule has 26 heavy (non-hydrogen) atoms. The summed E-state index contributed by atoms with van der Waals surface area (Å²) < 4.78 is 37.9.